The third-order valence-corrected chi connectivity index (χ3v) is 3.76. The second kappa shape index (κ2) is 7.31. The fourth-order valence-corrected chi connectivity index (χ4v) is 2.72. The maximum atomic E-state index is 12.4. The van der Waals surface area contributed by atoms with Crippen LogP contribution in [0.5, 0.6) is 0 Å². The Balaban J connectivity index is 0.000000364. The molecule has 3 aromatic rings. The number of nitrogens with zero attached hydrogens (tertiary/aromatic N) is 5. The molecule has 132 valence electrons. The molecule has 0 bridgehead atoms. The van der Waals surface area contributed by atoms with Gasteiger partial charge in [-0.3, -0.25) is 4.79 Å². The number of benzene rings is 2. The van der Waals surface area contributed by atoms with Crippen LogP contribution >= 0.6 is 0 Å². The minimum absolute atomic E-state index is 0.00495. The van der Waals surface area contributed by atoms with Gasteiger partial charge in [0, 0.05) is 34.6 Å². The Morgan fingerprint density at radius 1 is 0.741 bits per heavy atom. The lowest BCUT2D eigenvalue weighted by molar-refractivity contribution is 0.104. The van der Waals surface area contributed by atoms with Gasteiger partial charge in [0.2, 0.25) is 0 Å². The predicted molar refractivity (Wildman–Crippen MR) is 95.7 cm³/mol. The van der Waals surface area contributed by atoms with Gasteiger partial charge in [-0.15, -0.1) is 19.6 Å². The monoisotopic (exact) mass is 364 g/mol. The summed E-state index contributed by atoms with van der Waals surface area (Å²) < 4.78 is 0. The Labute approximate surface area is 149 Å². The van der Waals surface area contributed by atoms with Crippen LogP contribution in [0.2, 0.25) is 0 Å². The van der Waals surface area contributed by atoms with E-state index in [1.54, 1.807) is 18.7 Å². The largest absolute Gasteiger partial charge is 0.351 e. The lowest BCUT2D eigenvalue weighted by atomic mass is 10.0. The maximum Gasteiger partial charge on any atom is 0.194 e. The van der Waals surface area contributed by atoms with Gasteiger partial charge >= 0.3 is 0 Å². The summed E-state index contributed by atoms with van der Waals surface area (Å²) in [6, 6.07) is 4.56. The molecule has 2 aromatic carbocycles. The number of aromatic nitrogens is 2. The molecule has 0 amide bonds. The van der Waals surface area contributed by atoms with Crippen molar-refractivity contribution in [1.82, 2.24) is 9.97 Å². The highest BCUT2D eigenvalue weighted by atomic mass is 16.3. The van der Waals surface area contributed by atoms with Gasteiger partial charge in [-0.25, -0.2) is 4.98 Å². The highest BCUT2D eigenvalue weighted by Crippen LogP contribution is 2.50. The SMILES string of the molecule is O=Nc1cc(N=O)c2c(c1)C(=O)c1cc(N=O)cc(N=O)c1-2.c1c[nH]cn1. The molecule has 11 nitrogen and oxygen atoms in total. The van der Waals surface area contributed by atoms with E-state index in [-0.39, 0.29) is 45.0 Å². The Kier molecular flexibility index (Phi) is 4.75. The first-order valence-corrected chi connectivity index (χ1v) is 7.32. The molecule has 4 rings (SSSR count). The van der Waals surface area contributed by atoms with Crippen LogP contribution in [0, 0.1) is 19.6 Å². The van der Waals surface area contributed by atoms with Crippen LogP contribution < -0.4 is 0 Å². The van der Waals surface area contributed by atoms with Crippen LogP contribution in [0.25, 0.3) is 11.1 Å². The highest BCUT2D eigenvalue weighted by molar-refractivity contribution is 6.25. The first kappa shape index (κ1) is 17.5. The van der Waals surface area contributed by atoms with Gasteiger partial charge in [0.25, 0.3) is 0 Å². The lowest BCUT2D eigenvalue weighted by Gasteiger charge is -2.05. The van der Waals surface area contributed by atoms with E-state index in [1.165, 1.54) is 12.1 Å². The summed E-state index contributed by atoms with van der Waals surface area (Å²) in [6.07, 6.45) is 5.08. The van der Waals surface area contributed by atoms with Crippen molar-refractivity contribution in [2.45, 2.75) is 0 Å². The van der Waals surface area contributed by atoms with E-state index in [1.807, 2.05) is 0 Å². The fraction of sp³-hybridized carbons (Fsp3) is 0. The fourth-order valence-electron chi connectivity index (χ4n) is 2.72. The molecule has 1 aromatic heterocycles. The minimum atomic E-state index is -0.573. The topological polar surface area (TPSA) is 163 Å². The van der Waals surface area contributed by atoms with Crippen LogP contribution in [0.4, 0.5) is 22.7 Å². The van der Waals surface area contributed by atoms with Gasteiger partial charge in [0.15, 0.2) is 5.78 Å². The molecule has 0 atom stereocenters. The van der Waals surface area contributed by atoms with E-state index in [0.717, 1.165) is 12.1 Å². The highest BCUT2D eigenvalue weighted by Gasteiger charge is 2.33. The number of fused-ring (bicyclic) bond motifs is 3. The maximum absolute atomic E-state index is 12.4. The first-order chi connectivity index (χ1) is 13.1. The zero-order chi connectivity index (χ0) is 19.4. The molecule has 1 heterocycles. The van der Waals surface area contributed by atoms with Crippen LogP contribution in [-0.2, 0) is 0 Å². The van der Waals surface area contributed by atoms with E-state index in [4.69, 9.17) is 0 Å². The van der Waals surface area contributed by atoms with Crippen LogP contribution in [0.15, 0.2) is 63.7 Å². The third kappa shape index (κ3) is 3.04. The van der Waals surface area contributed by atoms with Crippen molar-refractivity contribution in [1.29, 1.82) is 0 Å². The van der Waals surface area contributed by atoms with Gasteiger partial charge in [-0.05, 0) is 45.0 Å². The van der Waals surface area contributed by atoms with Gasteiger partial charge in [0.1, 0.15) is 22.7 Å². The molecule has 0 aliphatic heterocycles. The smallest absolute Gasteiger partial charge is 0.194 e. The van der Waals surface area contributed by atoms with Gasteiger partial charge in [0.05, 0.1) is 6.33 Å². The number of ketones is 1. The van der Waals surface area contributed by atoms with Crippen molar-refractivity contribution >= 4 is 28.5 Å². The van der Waals surface area contributed by atoms with Crippen molar-refractivity contribution < 1.29 is 4.79 Å². The number of hydrogen-bond acceptors (Lipinski definition) is 10. The van der Waals surface area contributed by atoms with E-state index in [9.17, 15) is 24.4 Å². The summed E-state index contributed by atoms with van der Waals surface area (Å²) in [5.41, 5.74) is -0.548. The van der Waals surface area contributed by atoms with E-state index in [2.05, 4.69) is 30.7 Å². The molecular weight excluding hydrogens is 356 g/mol. The Bertz CT molecular complexity index is 989. The molecule has 1 aliphatic rings. The molecule has 0 fully saturated rings. The van der Waals surface area contributed by atoms with Crippen LogP contribution in [-0.4, -0.2) is 15.8 Å². The van der Waals surface area contributed by atoms with Gasteiger partial charge in [-0.2, -0.15) is 0 Å². The van der Waals surface area contributed by atoms with Gasteiger partial charge < -0.3 is 4.98 Å². The number of nitrogens with one attached hydrogen (secondary N) is 1. The molecule has 0 saturated carbocycles. The standard InChI is InChI=1S/C13H4N4O5.C3H4N2/c18-13-7-1-5(14-19)3-9(16-21)11(7)12-8(13)2-6(15-20)4-10(12)17-22;1-2-5-3-4-1/h1-4H;1-3H,(H,4,5). The van der Waals surface area contributed by atoms with Crippen molar-refractivity contribution in [3.05, 3.63) is 73.7 Å². The predicted octanol–water partition coefficient (Wildman–Crippen LogP) is 4.90. The second-order valence-corrected chi connectivity index (χ2v) is 5.23. The van der Waals surface area contributed by atoms with Crippen LogP contribution in [0.1, 0.15) is 15.9 Å². The molecule has 0 saturated heterocycles. The summed E-state index contributed by atoms with van der Waals surface area (Å²) in [6.45, 7) is 0. The number of H-pyrrole nitrogens is 1. The number of aromatic amines is 1. The Morgan fingerprint density at radius 3 is 1.56 bits per heavy atom. The number of imidazole rings is 1. The second-order valence-electron chi connectivity index (χ2n) is 5.23. The number of hydrogen-bond donors (Lipinski definition) is 1. The molecule has 0 spiro atoms. The first-order valence-electron chi connectivity index (χ1n) is 7.32. The minimum Gasteiger partial charge on any atom is -0.351 e. The Morgan fingerprint density at radius 2 is 1.26 bits per heavy atom. The molecule has 0 unspecified atom stereocenters. The number of carbonyl (C=O) groups excluding carboxylic acids is 1. The molecule has 11 heteroatoms. The summed E-state index contributed by atoms with van der Waals surface area (Å²) in [7, 11) is 0. The van der Waals surface area contributed by atoms with Crippen molar-refractivity contribution in [2.75, 3.05) is 0 Å². The number of nitroso groups, excluding NO2 is 4. The third-order valence-electron chi connectivity index (χ3n) is 3.76. The Hall–Kier alpha value is -4.28. The zero-order valence-corrected chi connectivity index (χ0v) is 13.3. The number of carbonyl (C=O) groups is 1. The van der Waals surface area contributed by atoms with Crippen molar-refractivity contribution in [3.8, 4) is 11.1 Å². The molecule has 27 heavy (non-hydrogen) atoms. The molecular formula is C16H8N6O5. The molecule has 1 aliphatic carbocycles. The molecule has 0 radical (unpaired) electrons. The van der Waals surface area contributed by atoms with E-state index < -0.39 is 5.78 Å². The normalized spacial score (nSPS) is 10.9. The lowest BCUT2D eigenvalue weighted by Crippen LogP contribution is -1.94. The molecule has 1 N–H and O–H groups in total. The average molecular weight is 364 g/mol. The van der Waals surface area contributed by atoms with Crippen LogP contribution in [0.3, 0.4) is 0 Å². The van der Waals surface area contributed by atoms with Crippen molar-refractivity contribution in [3.63, 3.8) is 0 Å². The van der Waals surface area contributed by atoms with E-state index in [0.29, 0.717) is 0 Å². The summed E-state index contributed by atoms with van der Waals surface area (Å²) in [5, 5.41) is 10.9. The van der Waals surface area contributed by atoms with Crippen molar-refractivity contribution in [2.24, 2.45) is 20.7 Å². The van der Waals surface area contributed by atoms with E-state index >= 15 is 0 Å². The number of rotatable bonds is 4. The quantitative estimate of drug-likeness (QED) is 0.506. The average Bonchev–Trinajstić information content (AvgIpc) is 3.38. The van der Waals surface area contributed by atoms with Gasteiger partial charge in [-0.1, -0.05) is 0 Å². The summed E-state index contributed by atoms with van der Waals surface area (Å²) in [5.74, 6) is -0.573. The zero-order valence-electron chi connectivity index (χ0n) is 13.3. The summed E-state index contributed by atoms with van der Waals surface area (Å²) >= 11 is 0. The summed E-state index contributed by atoms with van der Waals surface area (Å²) in [4.78, 5) is 62.1.